The van der Waals surface area contributed by atoms with Gasteiger partial charge < -0.3 is 9.72 Å². The van der Waals surface area contributed by atoms with Gasteiger partial charge in [0.15, 0.2) is 11.7 Å². The van der Waals surface area contributed by atoms with Crippen molar-refractivity contribution in [3.05, 3.63) is 28.0 Å². The molecule has 0 saturated heterocycles. The molecule has 0 amide bonds. The van der Waals surface area contributed by atoms with E-state index in [0.717, 1.165) is 0 Å². The highest BCUT2D eigenvalue weighted by Gasteiger charge is 2.04. The summed E-state index contributed by atoms with van der Waals surface area (Å²) in [6, 6.07) is 1.27. The second kappa shape index (κ2) is 3.01. The van der Waals surface area contributed by atoms with Crippen LogP contribution in [0.2, 0.25) is 0 Å². The van der Waals surface area contributed by atoms with Crippen molar-refractivity contribution in [3.8, 4) is 5.88 Å². The van der Waals surface area contributed by atoms with Gasteiger partial charge in [0.25, 0.3) is 0 Å². The summed E-state index contributed by atoms with van der Waals surface area (Å²) in [6.07, 6.45) is 1.89. The molecule has 0 radical (unpaired) electrons. The number of aromatic nitrogens is 1. The monoisotopic (exact) mass is 153 g/mol. The van der Waals surface area contributed by atoms with Crippen LogP contribution in [0, 0.1) is 0 Å². The van der Waals surface area contributed by atoms with Gasteiger partial charge in [-0.3, -0.25) is 9.59 Å². The second-order valence-corrected chi connectivity index (χ2v) is 1.91. The predicted molar refractivity (Wildman–Crippen MR) is 39.0 cm³/mol. The normalized spacial score (nSPS) is 9.18. The van der Waals surface area contributed by atoms with Crippen LogP contribution in [0.25, 0.3) is 0 Å². The number of hydrogen-bond acceptors (Lipinski definition) is 3. The van der Waals surface area contributed by atoms with Crippen LogP contribution in [-0.4, -0.2) is 18.4 Å². The number of aldehydes is 1. The van der Waals surface area contributed by atoms with Crippen molar-refractivity contribution in [1.29, 1.82) is 0 Å². The maximum absolute atomic E-state index is 10.9. The van der Waals surface area contributed by atoms with Gasteiger partial charge in [0.2, 0.25) is 5.88 Å². The lowest BCUT2D eigenvalue weighted by Gasteiger charge is -1.99. The minimum Gasteiger partial charge on any atom is -0.482 e. The van der Waals surface area contributed by atoms with Crippen molar-refractivity contribution >= 4 is 6.29 Å². The molecule has 58 valence electrons. The fourth-order valence-corrected chi connectivity index (χ4v) is 0.753. The molecule has 1 aromatic rings. The Labute approximate surface area is 62.8 Å². The first kappa shape index (κ1) is 7.53. The summed E-state index contributed by atoms with van der Waals surface area (Å²) in [5.41, 5.74) is -0.314. The number of carbonyl (C=O) groups is 1. The van der Waals surface area contributed by atoms with Gasteiger partial charge in [-0.05, 0) is 0 Å². The molecule has 0 aromatic carbocycles. The third-order valence-corrected chi connectivity index (χ3v) is 1.28. The number of rotatable bonds is 2. The molecular formula is C7H7NO3. The van der Waals surface area contributed by atoms with Crippen molar-refractivity contribution in [2.24, 2.45) is 0 Å². The standard InChI is InChI=1S/C7H7NO3/c1-11-7-5(4-9)6(10)2-3-8-7/h2-4H,1H3,(H,8,10). The van der Waals surface area contributed by atoms with Crippen molar-refractivity contribution in [1.82, 2.24) is 4.98 Å². The molecule has 1 rings (SSSR count). The molecule has 0 bridgehead atoms. The molecule has 0 saturated carbocycles. The van der Waals surface area contributed by atoms with Crippen molar-refractivity contribution in [3.63, 3.8) is 0 Å². The zero-order valence-electron chi connectivity index (χ0n) is 5.96. The molecule has 0 spiro atoms. The fraction of sp³-hybridized carbons (Fsp3) is 0.143. The van der Waals surface area contributed by atoms with E-state index in [1.165, 1.54) is 19.4 Å². The first-order valence-electron chi connectivity index (χ1n) is 3.00. The lowest BCUT2D eigenvalue weighted by Crippen LogP contribution is -2.09. The molecule has 0 unspecified atom stereocenters. The number of aromatic amines is 1. The Bertz CT molecular complexity index is 316. The Morgan fingerprint density at radius 1 is 1.64 bits per heavy atom. The molecule has 1 N–H and O–H groups in total. The second-order valence-electron chi connectivity index (χ2n) is 1.91. The van der Waals surface area contributed by atoms with Gasteiger partial charge in [0, 0.05) is 12.3 Å². The molecule has 0 aliphatic rings. The van der Waals surface area contributed by atoms with E-state index in [9.17, 15) is 9.59 Å². The van der Waals surface area contributed by atoms with E-state index in [0.29, 0.717) is 6.29 Å². The Hall–Kier alpha value is -1.58. The van der Waals surface area contributed by atoms with Crippen LogP contribution in [0.15, 0.2) is 17.1 Å². The zero-order valence-corrected chi connectivity index (χ0v) is 5.96. The van der Waals surface area contributed by atoms with Crippen LogP contribution in [0.3, 0.4) is 0 Å². The van der Waals surface area contributed by atoms with Crippen LogP contribution in [0.5, 0.6) is 5.88 Å². The molecule has 1 heterocycles. The van der Waals surface area contributed by atoms with E-state index >= 15 is 0 Å². The Morgan fingerprint density at radius 3 is 2.82 bits per heavy atom. The first-order chi connectivity index (χ1) is 5.29. The minimum atomic E-state index is -0.337. The quantitative estimate of drug-likeness (QED) is 0.617. The highest BCUT2D eigenvalue weighted by molar-refractivity contribution is 5.77. The van der Waals surface area contributed by atoms with E-state index in [1.54, 1.807) is 0 Å². The Kier molecular flexibility index (Phi) is 2.06. The third-order valence-electron chi connectivity index (χ3n) is 1.28. The number of pyridine rings is 1. The Balaban J connectivity index is 3.36. The van der Waals surface area contributed by atoms with Crippen LogP contribution >= 0.6 is 0 Å². The van der Waals surface area contributed by atoms with E-state index in [1.807, 2.05) is 0 Å². The zero-order chi connectivity index (χ0) is 8.27. The maximum atomic E-state index is 10.9. The average molecular weight is 153 g/mol. The van der Waals surface area contributed by atoms with Crippen molar-refractivity contribution in [2.75, 3.05) is 7.11 Å². The van der Waals surface area contributed by atoms with Gasteiger partial charge in [-0.15, -0.1) is 0 Å². The smallest absolute Gasteiger partial charge is 0.205 e. The molecule has 0 aliphatic carbocycles. The summed E-state index contributed by atoms with van der Waals surface area (Å²) < 4.78 is 4.73. The van der Waals surface area contributed by atoms with Gasteiger partial charge in [-0.1, -0.05) is 0 Å². The molecule has 0 fully saturated rings. The predicted octanol–water partition coefficient (Wildman–Crippen LogP) is 0.196. The number of methoxy groups -OCH3 is 1. The summed E-state index contributed by atoms with van der Waals surface area (Å²) >= 11 is 0. The van der Waals surface area contributed by atoms with Crippen molar-refractivity contribution in [2.45, 2.75) is 0 Å². The van der Waals surface area contributed by atoms with Gasteiger partial charge >= 0.3 is 0 Å². The summed E-state index contributed by atoms with van der Waals surface area (Å²) in [4.78, 5) is 23.8. The number of H-pyrrole nitrogens is 1. The van der Waals surface area contributed by atoms with E-state index in [4.69, 9.17) is 4.74 Å². The van der Waals surface area contributed by atoms with Crippen LogP contribution < -0.4 is 10.2 Å². The lowest BCUT2D eigenvalue weighted by atomic mass is 10.3. The van der Waals surface area contributed by atoms with Gasteiger partial charge in [0.1, 0.15) is 5.56 Å². The average Bonchev–Trinajstić information content (AvgIpc) is 2.04. The van der Waals surface area contributed by atoms with Gasteiger partial charge in [0.05, 0.1) is 7.11 Å². The van der Waals surface area contributed by atoms with Gasteiger partial charge in [-0.2, -0.15) is 0 Å². The maximum Gasteiger partial charge on any atom is 0.205 e. The lowest BCUT2D eigenvalue weighted by molar-refractivity contribution is 0.111. The number of ether oxygens (including phenoxy) is 1. The molecule has 4 heteroatoms. The SMILES string of the molecule is COc1[nH]ccc(=O)c1C=O. The van der Waals surface area contributed by atoms with E-state index in [-0.39, 0.29) is 16.9 Å². The van der Waals surface area contributed by atoms with Crippen LogP contribution in [0.4, 0.5) is 0 Å². The summed E-state index contributed by atoms with van der Waals surface area (Å²) in [5.74, 6) is 0.201. The minimum absolute atomic E-state index is 0.0231. The molecule has 4 nitrogen and oxygen atoms in total. The fourth-order valence-electron chi connectivity index (χ4n) is 0.753. The van der Waals surface area contributed by atoms with Gasteiger partial charge in [-0.25, -0.2) is 0 Å². The molecule has 1 aromatic heterocycles. The van der Waals surface area contributed by atoms with E-state index in [2.05, 4.69) is 4.98 Å². The summed E-state index contributed by atoms with van der Waals surface area (Å²) in [6.45, 7) is 0. The largest absolute Gasteiger partial charge is 0.482 e. The number of hydrogen-bond donors (Lipinski definition) is 1. The van der Waals surface area contributed by atoms with Crippen LogP contribution in [0.1, 0.15) is 10.4 Å². The highest BCUT2D eigenvalue weighted by atomic mass is 16.5. The summed E-state index contributed by atoms with van der Waals surface area (Å²) in [5, 5.41) is 0. The van der Waals surface area contributed by atoms with Crippen molar-refractivity contribution < 1.29 is 9.53 Å². The number of carbonyl (C=O) groups excluding carboxylic acids is 1. The first-order valence-corrected chi connectivity index (χ1v) is 3.00. The highest BCUT2D eigenvalue weighted by Crippen LogP contribution is 2.04. The molecular weight excluding hydrogens is 146 g/mol. The number of nitrogens with one attached hydrogen (secondary N) is 1. The molecule has 11 heavy (non-hydrogen) atoms. The van der Waals surface area contributed by atoms with E-state index < -0.39 is 0 Å². The summed E-state index contributed by atoms with van der Waals surface area (Å²) in [7, 11) is 1.39. The molecule has 0 aliphatic heterocycles. The van der Waals surface area contributed by atoms with Crippen LogP contribution in [-0.2, 0) is 0 Å². The molecule has 0 atom stereocenters. The Morgan fingerprint density at radius 2 is 2.36 bits per heavy atom. The topological polar surface area (TPSA) is 59.2 Å². The third kappa shape index (κ3) is 1.29.